The van der Waals surface area contributed by atoms with Gasteiger partial charge in [0.15, 0.2) is 0 Å². The Morgan fingerprint density at radius 1 is 1.14 bits per heavy atom. The van der Waals surface area contributed by atoms with Gasteiger partial charge in [-0.05, 0) is 42.5 Å². The maximum Gasteiger partial charge on any atom is 0.273 e. The first-order chi connectivity index (χ1) is 13.6. The molecule has 4 aromatic rings. The third-order valence-corrected chi connectivity index (χ3v) is 5.37. The average Bonchev–Trinajstić information content (AvgIpc) is 3.09. The van der Waals surface area contributed by atoms with E-state index in [-0.39, 0.29) is 5.91 Å². The Kier molecular flexibility index (Phi) is 5.18. The van der Waals surface area contributed by atoms with Crippen LogP contribution in [0.5, 0.6) is 5.88 Å². The molecule has 0 radical (unpaired) electrons. The largest absolute Gasteiger partial charge is 0.481 e. The van der Waals surface area contributed by atoms with Crippen LogP contribution in [-0.4, -0.2) is 28.0 Å². The summed E-state index contributed by atoms with van der Waals surface area (Å²) in [5.41, 5.74) is 1.65. The van der Waals surface area contributed by atoms with Gasteiger partial charge in [-0.25, -0.2) is 9.97 Å². The molecule has 0 saturated heterocycles. The van der Waals surface area contributed by atoms with Crippen molar-refractivity contribution in [3.05, 3.63) is 71.6 Å². The number of anilines is 1. The van der Waals surface area contributed by atoms with Crippen molar-refractivity contribution in [2.45, 2.75) is 9.79 Å². The fourth-order valence-corrected chi connectivity index (χ4v) is 3.81. The lowest BCUT2D eigenvalue weighted by Crippen LogP contribution is -2.13. The van der Waals surface area contributed by atoms with Crippen molar-refractivity contribution in [2.24, 2.45) is 0 Å². The standard InChI is InChI=1S/C20H15ClN4O2S/c1-27-16-9-6-13(11-23-16)24-20(26)17-18(15-3-2-10-22-19(15)25-17)28-14-7-4-12(21)5-8-14/h2-11H,1H3,(H,22,25)(H,24,26). The van der Waals surface area contributed by atoms with Crippen LogP contribution in [0.1, 0.15) is 10.5 Å². The minimum atomic E-state index is -0.276. The lowest BCUT2D eigenvalue weighted by molar-refractivity contribution is 0.102. The summed E-state index contributed by atoms with van der Waals surface area (Å²) >= 11 is 7.46. The fourth-order valence-electron chi connectivity index (χ4n) is 2.65. The molecule has 3 heterocycles. The Hall–Kier alpha value is -3.03. The van der Waals surface area contributed by atoms with Gasteiger partial charge >= 0.3 is 0 Å². The van der Waals surface area contributed by atoms with Gasteiger partial charge in [-0.15, -0.1) is 0 Å². The molecule has 0 bridgehead atoms. The summed E-state index contributed by atoms with van der Waals surface area (Å²) in [6, 6.07) is 14.7. The Balaban J connectivity index is 1.68. The summed E-state index contributed by atoms with van der Waals surface area (Å²) in [5.74, 6) is 0.202. The predicted molar refractivity (Wildman–Crippen MR) is 110 cm³/mol. The average molecular weight is 411 g/mol. The van der Waals surface area contributed by atoms with E-state index in [1.165, 1.54) is 11.8 Å². The summed E-state index contributed by atoms with van der Waals surface area (Å²) in [6.45, 7) is 0. The van der Waals surface area contributed by atoms with E-state index in [1.807, 2.05) is 36.4 Å². The SMILES string of the molecule is COc1ccc(NC(=O)c2[nH]c3ncccc3c2Sc2ccc(Cl)cc2)cn1. The molecule has 6 nitrogen and oxygen atoms in total. The lowest BCUT2D eigenvalue weighted by Gasteiger charge is -2.07. The summed E-state index contributed by atoms with van der Waals surface area (Å²) in [6.07, 6.45) is 3.23. The molecule has 0 saturated carbocycles. The van der Waals surface area contributed by atoms with Crippen LogP contribution in [-0.2, 0) is 0 Å². The van der Waals surface area contributed by atoms with Crippen molar-refractivity contribution >= 4 is 46.0 Å². The third kappa shape index (κ3) is 3.81. The van der Waals surface area contributed by atoms with Crippen molar-refractivity contribution in [1.82, 2.24) is 15.0 Å². The zero-order valence-corrected chi connectivity index (χ0v) is 16.3. The predicted octanol–water partition coefficient (Wildman–Crippen LogP) is 5.02. The number of ether oxygens (including phenoxy) is 1. The van der Waals surface area contributed by atoms with E-state index >= 15 is 0 Å². The number of methoxy groups -OCH3 is 1. The molecule has 28 heavy (non-hydrogen) atoms. The van der Waals surface area contributed by atoms with Gasteiger partial charge in [-0.3, -0.25) is 4.79 Å². The molecule has 0 aliphatic carbocycles. The van der Waals surface area contributed by atoms with E-state index in [0.717, 1.165) is 15.2 Å². The third-order valence-electron chi connectivity index (χ3n) is 3.99. The van der Waals surface area contributed by atoms with Crippen LogP contribution in [0, 0.1) is 0 Å². The Bertz CT molecular complexity index is 1130. The van der Waals surface area contributed by atoms with Crippen LogP contribution in [0.4, 0.5) is 5.69 Å². The Morgan fingerprint density at radius 3 is 2.68 bits per heavy atom. The van der Waals surface area contributed by atoms with Gasteiger partial charge < -0.3 is 15.0 Å². The van der Waals surface area contributed by atoms with Gasteiger partial charge in [-0.1, -0.05) is 23.4 Å². The molecule has 140 valence electrons. The zero-order valence-electron chi connectivity index (χ0n) is 14.8. The van der Waals surface area contributed by atoms with Crippen LogP contribution < -0.4 is 10.1 Å². The van der Waals surface area contributed by atoms with Crippen molar-refractivity contribution in [1.29, 1.82) is 0 Å². The topological polar surface area (TPSA) is 79.9 Å². The molecular formula is C20H15ClN4O2S. The number of pyridine rings is 2. The summed E-state index contributed by atoms with van der Waals surface area (Å²) in [4.78, 5) is 26.3. The summed E-state index contributed by atoms with van der Waals surface area (Å²) in [5, 5.41) is 4.39. The first-order valence-electron chi connectivity index (χ1n) is 8.35. The molecular weight excluding hydrogens is 396 g/mol. The molecule has 0 aliphatic rings. The molecule has 1 amide bonds. The lowest BCUT2D eigenvalue weighted by atomic mass is 10.3. The monoisotopic (exact) mass is 410 g/mol. The first-order valence-corrected chi connectivity index (χ1v) is 9.55. The number of aromatic nitrogens is 3. The number of amides is 1. The highest BCUT2D eigenvalue weighted by Crippen LogP contribution is 2.36. The van der Waals surface area contributed by atoms with Crippen molar-refractivity contribution < 1.29 is 9.53 Å². The number of nitrogens with one attached hydrogen (secondary N) is 2. The fraction of sp³-hybridized carbons (Fsp3) is 0.0500. The van der Waals surface area contributed by atoms with Crippen molar-refractivity contribution in [3.8, 4) is 5.88 Å². The van der Waals surface area contributed by atoms with Gasteiger partial charge in [0.1, 0.15) is 11.3 Å². The number of hydrogen-bond donors (Lipinski definition) is 2. The number of carbonyl (C=O) groups is 1. The van der Waals surface area contributed by atoms with Crippen LogP contribution >= 0.6 is 23.4 Å². The number of H-pyrrole nitrogens is 1. The maximum atomic E-state index is 12.9. The number of fused-ring (bicyclic) bond motifs is 1. The number of nitrogens with zero attached hydrogens (tertiary/aromatic N) is 2. The number of aromatic amines is 1. The molecule has 0 aliphatic heterocycles. The van der Waals surface area contributed by atoms with Crippen LogP contribution in [0.15, 0.2) is 70.7 Å². The van der Waals surface area contributed by atoms with E-state index in [0.29, 0.717) is 27.9 Å². The summed E-state index contributed by atoms with van der Waals surface area (Å²) < 4.78 is 5.04. The van der Waals surface area contributed by atoms with Gasteiger partial charge in [-0.2, -0.15) is 0 Å². The highest BCUT2D eigenvalue weighted by atomic mass is 35.5. The molecule has 0 unspecified atom stereocenters. The van der Waals surface area contributed by atoms with Crippen LogP contribution in [0.3, 0.4) is 0 Å². The Labute approximate surface area is 170 Å². The van der Waals surface area contributed by atoms with Gasteiger partial charge in [0.2, 0.25) is 5.88 Å². The smallest absolute Gasteiger partial charge is 0.273 e. The van der Waals surface area contributed by atoms with E-state index in [4.69, 9.17) is 16.3 Å². The molecule has 2 N–H and O–H groups in total. The molecule has 0 spiro atoms. The highest BCUT2D eigenvalue weighted by Gasteiger charge is 2.20. The normalized spacial score (nSPS) is 10.8. The first kappa shape index (κ1) is 18.3. The number of hydrogen-bond acceptors (Lipinski definition) is 5. The quantitative estimate of drug-likeness (QED) is 0.482. The van der Waals surface area contributed by atoms with E-state index in [2.05, 4.69) is 20.3 Å². The second kappa shape index (κ2) is 7.92. The van der Waals surface area contributed by atoms with Gasteiger partial charge in [0, 0.05) is 27.6 Å². The second-order valence-electron chi connectivity index (χ2n) is 5.83. The minimum absolute atomic E-state index is 0.276. The number of benzene rings is 1. The molecule has 0 fully saturated rings. The van der Waals surface area contributed by atoms with Crippen molar-refractivity contribution in [2.75, 3.05) is 12.4 Å². The van der Waals surface area contributed by atoms with Gasteiger partial charge in [0.05, 0.1) is 23.9 Å². The van der Waals surface area contributed by atoms with Crippen LogP contribution in [0.25, 0.3) is 11.0 Å². The van der Waals surface area contributed by atoms with E-state index < -0.39 is 0 Å². The van der Waals surface area contributed by atoms with E-state index in [9.17, 15) is 4.79 Å². The molecule has 8 heteroatoms. The molecule has 3 aromatic heterocycles. The number of carbonyl (C=O) groups excluding carboxylic acids is 1. The van der Waals surface area contributed by atoms with Crippen LogP contribution in [0.2, 0.25) is 5.02 Å². The second-order valence-corrected chi connectivity index (χ2v) is 7.35. The number of halogens is 1. The Morgan fingerprint density at radius 2 is 1.96 bits per heavy atom. The summed E-state index contributed by atoms with van der Waals surface area (Å²) in [7, 11) is 1.54. The van der Waals surface area contributed by atoms with E-state index in [1.54, 1.807) is 31.6 Å². The minimum Gasteiger partial charge on any atom is -0.481 e. The molecule has 4 rings (SSSR count). The maximum absolute atomic E-state index is 12.9. The van der Waals surface area contributed by atoms with Gasteiger partial charge in [0.25, 0.3) is 5.91 Å². The highest BCUT2D eigenvalue weighted by molar-refractivity contribution is 7.99. The van der Waals surface area contributed by atoms with Crippen molar-refractivity contribution in [3.63, 3.8) is 0 Å². The molecule has 1 aromatic carbocycles. The molecule has 0 atom stereocenters. The number of rotatable bonds is 5. The zero-order chi connectivity index (χ0) is 19.5.